The van der Waals surface area contributed by atoms with Crippen LogP contribution in [0.25, 0.3) is 0 Å². The predicted molar refractivity (Wildman–Crippen MR) is 71.3 cm³/mol. The third-order valence-electron chi connectivity index (χ3n) is 3.79. The van der Waals surface area contributed by atoms with E-state index in [0.717, 1.165) is 5.56 Å². The second kappa shape index (κ2) is 5.07. The van der Waals surface area contributed by atoms with Gasteiger partial charge in [0.1, 0.15) is 5.60 Å². The molecule has 1 aromatic rings. The van der Waals surface area contributed by atoms with Crippen LogP contribution < -0.4 is 10.6 Å². The van der Waals surface area contributed by atoms with Gasteiger partial charge in [0.05, 0.1) is 0 Å². The van der Waals surface area contributed by atoms with Gasteiger partial charge in [-0.1, -0.05) is 12.1 Å². The van der Waals surface area contributed by atoms with Gasteiger partial charge in [-0.2, -0.15) is 0 Å². The van der Waals surface area contributed by atoms with Gasteiger partial charge in [0, 0.05) is 32.4 Å². The summed E-state index contributed by atoms with van der Waals surface area (Å²) < 4.78 is 5.50. The molecule has 0 saturated carbocycles. The first-order valence-electron chi connectivity index (χ1n) is 6.30. The van der Waals surface area contributed by atoms with Gasteiger partial charge < -0.3 is 15.4 Å². The first-order chi connectivity index (χ1) is 8.19. The Balaban J connectivity index is 2.17. The lowest BCUT2D eigenvalue weighted by Crippen LogP contribution is -2.33. The number of anilines is 1. The molecule has 3 heteroatoms. The summed E-state index contributed by atoms with van der Waals surface area (Å²) in [6.07, 6.45) is 2.61. The van der Waals surface area contributed by atoms with Crippen LogP contribution >= 0.6 is 0 Å². The highest BCUT2D eigenvalue weighted by Gasteiger charge is 2.24. The van der Waals surface area contributed by atoms with Gasteiger partial charge in [-0.15, -0.1) is 0 Å². The molecule has 1 unspecified atom stereocenters. The summed E-state index contributed by atoms with van der Waals surface area (Å²) in [5.74, 6) is 0. The van der Waals surface area contributed by atoms with Crippen molar-refractivity contribution in [3.63, 3.8) is 0 Å². The van der Waals surface area contributed by atoms with Gasteiger partial charge in [-0.25, -0.2) is 0 Å². The summed E-state index contributed by atoms with van der Waals surface area (Å²) in [6.45, 7) is 4.87. The number of hydrogen-bond acceptors (Lipinski definition) is 3. The zero-order valence-corrected chi connectivity index (χ0v) is 10.8. The SMILES string of the molecule is COC(C)(CN)c1ccc(N2CCCC2)cc1. The Bertz CT molecular complexity index is 351. The van der Waals surface area contributed by atoms with Crippen LogP contribution in [0, 0.1) is 0 Å². The van der Waals surface area contributed by atoms with E-state index in [1.165, 1.54) is 31.6 Å². The van der Waals surface area contributed by atoms with Crippen molar-refractivity contribution in [3.8, 4) is 0 Å². The third-order valence-corrected chi connectivity index (χ3v) is 3.79. The first kappa shape index (κ1) is 12.4. The molecule has 17 heavy (non-hydrogen) atoms. The summed E-state index contributed by atoms with van der Waals surface area (Å²) in [5, 5.41) is 0. The molecular weight excluding hydrogens is 212 g/mol. The fourth-order valence-electron chi connectivity index (χ4n) is 2.32. The van der Waals surface area contributed by atoms with Crippen molar-refractivity contribution >= 4 is 5.69 Å². The third kappa shape index (κ3) is 2.45. The molecule has 1 aliphatic heterocycles. The van der Waals surface area contributed by atoms with Gasteiger partial charge in [0.2, 0.25) is 0 Å². The van der Waals surface area contributed by atoms with E-state index in [2.05, 4.69) is 29.2 Å². The van der Waals surface area contributed by atoms with Crippen molar-refractivity contribution in [2.45, 2.75) is 25.4 Å². The summed E-state index contributed by atoms with van der Waals surface area (Å²) in [4.78, 5) is 2.43. The molecule has 1 aliphatic rings. The van der Waals surface area contributed by atoms with E-state index < -0.39 is 0 Å². The molecule has 0 radical (unpaired) electrons. The van der Waals surface area contributed by atoms with Crippen LogP contribution in [-0.2, 0) is 10.3 Å². The lowest BCUT2D eigenvalue weighted by atomic mass is 9.95. The maximum absolute atomic E-state index is 5.77. The summed E-state index contributed by atoms with van der Waals surface area (Å²) in [5.41, 5.74) is 7.85. The molecule has 1 aromatic carbocycles. The fraction of sp³-hybridized carbons (Fsp3) is 0.571. The minimum absolute atomic E-state index is 0.371. The fourth-order valence-corrected chi connectivity index (χ4v) is 2.32. The van der Waals surface area contributed by atoms with Crippen molar-refractivity contribution in [2.75, 3.05) is 31.6 Å². The van der Waals surface area contributed by atoms with Gasteiger partial charge in [0.15, 0.2) is 0 Å². The van der Waals surface area contributed by atoms with E-state index in [-0.39, 0.29) is 5.60 Å². The molecule has 0 spiro atoms. The van der Waals surface area contributed by atoms with E-state index >= 15 is 0 Å². The molecule has 0 amide bonds. The minimum atomic E-state index is -0.371. The van der Waals surface area contributed by atoms with Crippen molar-refractivity contribution in [2.24, 2.45) is 5.73 Å². The second-order valence-electron chi connectivity index (χ2n) is 4.88. The van der Waals surface area contributed by atoms with Crippen molar-refractivity contribution in [3.05, 3.63) is 29.8 Å². The van der Waals surface area contributed by atoms with E-state index in [1.54, 1.807) is 7.11 Å². The molecule has 1 heterocycles. The Morgan fingerprint density at radius 3 is 2.29 bits per heavy atom. The normalized spacial score (nSPS) is 19.4. The topological polar surface area (TPSA) is 38.5 Å². The average molecular weight is 234 g/mol. The number of rotatable bonds is 4. The predicted octanol–water partition coefficient (Wildman–Crippen LogP) is 2.11. The minimum Gasteiger partial charge on any atom is -0.372 e. The Hall–Kier alpha value is -1.06. The molecule has 1 fully saturated rings. The van der Waals surface area contributed by atoms with E-state index in [4.69, 9.17) is 10.5 Å². The van der Waals surface area contributed by atoms with Crippen molar-refractivity contribution in [1.82, 2.24) is 0 Å². The maximum Gasteiger partial charge on any atom is 0.102 e. The quantitative estimate of drug-likeness (QED) is 0.867. The Kier molecular flexibility index (Phi) is 3.69. The van der Waals surface area contributed by atoms with Crippen molar-refractivity contribution < 1.29 is 4.74 Å². The van der Waals surface area contributed by atoms with Crippen LogP contribution in [0.1, 0.15) is 25.3 Å². The van der Waals surface area contributed by atoms with Gasteiger partial charge in [-0.05, 0) is 37.5 Å². The summed E-state index contributed by atoms with van der Waals surface area (Å²) >= 11 is 0. The van der Waals surface area contributed by atoms with Gasteiger partial charge >= 0.3 is 0 Å². The number of benzene rings is 1. The lowest BCUT2D eigenvalue weighted by Gasteiger charge is -2.27. The molecule has 3 nitrogen and oxygen atoms in total. The first-order valence-corrected chi connectivity index (χ1v) is 6.30. The van der Waals surface area contributed by atoms with Crippen LogP contribution in [0.15, 0.2) is 24.3 Å². The number of hydrogen-bond donors (Lipinski definition) is 1. The Morgan fingerprint density at radius 2 is 1.82 bits per heavy atom. The Labute approximate surface area is 104 Å². The van der Waals surface area contributed by atoms with Crippen LogP contribution in [0.4, 0.5) is 5.69 Å². The van der Waals surface area contributed by atoms with Crippen LogP contribution in [-0.4, -0.2) is 26.7 Å². The van der Waals surface area contributed by atoms with E-state index in [9.17, 15) is 0 Å². The van der Waals surface area contributed by atoms with Crippen LogP contribution in [0.2, 0.25) is 0 Å². The van der Waals surface area contributed by atoms with Crippen molar-refractivity contribution in [1.29, 1.82) is 0 Å². The average Bonchev–Trinajstić information content (AvgIpc) is 2.92. The van der Waals surface area contributed by atoms with Gasteiger partial charge in [0.25, 0.3) is 0 Å². The highest BCUT2D eigenvalue weighted by molar-refractivity contribution is 5.49. The number of nitrogens with zero attached hydrogens (tertiary/aromatic N) is 1. The monoisotopic (exact) mass is 234 g/mol. The highest BCUT2D eigenvalue weighted by Crippen LogP contribution is 2.27. The highest BCUT2D eigenvalue weighted by atomic mass is 16.5. The van der Waals surface area contributed by atoms with Gasteiger partial charge in [-0.3, -0.25) is 0 Å². The molecule has 0 bridgehead atoms. The molecule has 0 aliphatic carbocycles. The maximum atomic E-state index is 5.77. The summed E-state index contributed by atoms with van der Waals surface area (Å²) in [6, 6.07) is 8.61. The van der Waals surface area contributed by atoms with E-state index in [1.807, 2.05) is 6.92 Å². The molecule has 94 valence electrons. The second-order valence-corrected chi connectivity index (χ2v) is 4.88. The summed E-state index contributed by atoms with van der Waals surface area (Å²) in [7, 11) is 1.71. The smallest absolute Gasteiger partial charge is 0.102 e. The molecule has 1 atom stereocenters. The molecular formula is C14H22N2O. The van der Waals surface area contributed by atoms with E-state index in [0.29, 0.717) is 6.54 Å². The largest absolute Gasteiger partial charge is 0.372 e. The lowest BCUT2D eigenvalue weighted by molar-refractivity contribution is 0.0101. The van der Waals surface area contributed by atoms with Crippen LogP contribution in [0.3, 0.4) is 0 Å². The molecule has 2 N–H and O–H groups in total. The number of methoxy groups -OCH3 is 1. The number of nitrogens with two attached hydrogens (primary N) is 1. The molecule has 1 saturated heterocycles. The number of ether oxygens (including phenoxy) is 1. The standard InChI is InChI=1S/C14H22N2O/c1-14(11-15,17-2)12-5-7-13(8-6-12)16-9-3-4-10-16/h5-8H,3-4,9-11,15H2,1-2H3. The molecule has 0 aromatic heterocycles. The Morgan fingerprint density at radius 1 is 1.24 bits per heavy atom. The zero-order valence-electron chi connectivity index (χ0n) is 10.8. The molecule has 2 rings (SSSR count). The zero-order chi connectivity index (χ0) is 12.3. The van der Waals surface area contributed by atoms with Crippen LogP contribution in [0.5, 0.6) is 0 Å².